The molecule has 1 aliphatic rings. The third-order valence-corrected chi connectivity index (χ3v) is 3.97. The number of anilines is 1. The first-order valence-corrected chi connectivity index (χ1v) is 8.12. The molecule has 1 aromatic rings. The van der Waals surface area contributed by atoms with Crippen molar-refractivity contribution in [2.75, 3.05) is 11.9 Å². The zero-order chi connectivity index (χ0) is 15.8. The fraction of sp³-hybridized carbons (Fsp3) is 0.529. The highest BCUT2D eigenvalue weighted by Crippen LogP contribution is 2.17. The summed E-state index contributed by atoms with van der Waals surface area (Å²) in [5.74, 6) is 0.214. The van der Waals surface area contributed by atoms with Crippen molar-refractivity contribution in [2.45, 2.75) is 51.5 Å². The highest BCUT2D eigenvalue weighted by Gasteiger charge is 2.15. The van der Waals surface area contributed by atoms with Crippen LogP contribution in [0.4, 0.5) is 5.69 Å². The minimum Gasteiger partial charge on any atom is -0.370 e. The standard InChI is InChI=1S/C17H26N4O/c1-2-13-7-6-10-15(11-13)21-17(18)19-12-16(22)20-14-8-4-3-5-9-14/h6-7,10-11,14H,2-5,8-9,12H2,1H3,(H,20,22)(H3,18,19,21). The SMILES string of the molecule is CCc1cccc(NC(N)=NCC(=O)NC2CCCCC2)c1. The predicted octanol–water partition coefficient (Wildman–Crippen LogP) is 2.42. The summed E-state index contributed by atoms with van der Waals surface area (Å²) in [5, 5.41) is 6.05. The first kappa shape index (κ1) is 16.3. The van der Waals surface area contributed by atoms with E-state index in [1.54, 1.807) is 0 Å². The first-order chi connectivity index (χ1) is 10.7. The third-order valence-electron chi connectivity index (χ3n) is 3.97. The van der Waals surface area contributed by atoms with Gasteiger partial charge in [-0.25, -0.2) is 4.99 Å². The molecule has 0 radical (unpaired) electrons. The molecule has 0 spiro atoms. The van der Waals surface area contributed by atoms with E-state index in [1.807, 2.05) is 18.2 Å². The molecule has 2 rings (SSSR count). The average molecular weight is 302 g/mol. The van der Waals surface area contributed by atoms with E-state index >= 15 is 0 Å². The monoisotopic (exact) mass is 302 g/mol. The lowest BCUT2D eigenvalue weighted by Gasteiger charge is -2.22. The average Bonchev–Trinajstić information content (AvgIpc) is 2.54. The number of carbonyl (C=O) groups excluding carboxylic acids is 1. The van der Waals surface area contributed by atoms with Crippen LogP contribution in [0, 0.1) is 0 Å². The van der Waals surface area contributed by atoms with Gasteiger partial charge in [0.25, 0.3) is 0 Å². The van der Waals surface area contributed by atoms with Gasteiger partial charge in [0.15, 0.2) is 5.96 Å². The van der Waals surface area contributed by atoms with Crippen LogP contribution in [0.1, 0.15) is 44.6 Å². The molecule has 1 saturated carbocycles. The lowest BCUT2D eigenvalue weighted by molar-refractivity contribution is -0.120. The van der Waals surface area contributed by atoms with Crippen LogP contribution in [-0.4, -0.2) is 24.5 Å². The largest absolute Gasteiger partial charge is 0.370 e. The second-order valence-electron chi connectivity index (χ2n) is 5.78. The summed E-state index contributed by atoms with van der Waals surface area (Å²) in [7, 11) is 0. The van der Waals surface area contributed by atoms with Gasteiger partial charge in [-0.3, -0.25) is 4.79 Å². The number of rotatable bonds is 5. The van der Waals surface area contributed by atoms with Gasteiger partial charge in [-0.15, -0.1) is 0 Å². The van der Waals surface area contributed by atoms with Gasteiger partial charge in [0.2, 0.25) is 5.91 Å². The van der Waals surface area contributed by atoms with Gasteiger partial charge >= 0.3 is 0 Å². The van der Waals surface area contributed by atoms with Crippen LogP contribution in [0.3, 0.4) is 0 Å². The summed E-state index contributed by atoms with van der Waals surface area (Å²) >= 11 is 0. The molecule has 1 aliphatic carbocycles. The first-order valence-electron chi connectivity index (χ1n) is 8.12. The van der Waals surface area contributed by atoms with Crippen LogP contribution < -0.4 is 16.4 Å². The number of amides is 1. The van der Waals surface area contributed by atoms with Gasteiger partial charge in [-0.05, 0) is 37.0 Å². The zero-order valence-corrected chi connectivity index (χ0v) is 13.3. The van der Waals surface area contributed by atoms with Crippen LogP contribution in [0.5, 0.6) is 0 Å². The Morgan fingerprint density at radius 2 is 2.09 bits per heavy atom. The Morgan fingerprint density at radius 3 is 2.82 bits per heavy atom. The van der Waals surface area contributed by atoms with Crippen molar-refractivity contribution in [2.24, 2.45) is 10.7 Å². The van der Waals surface area contributed by atoms with Crippen LogP contribution in [0.15, 0.2) is 29.3 Å². The molecule has 0 aliphatic heterocycles. The Kier molecular flexibility index (Phi) is 6.25. The van der Waals surface area contributed by atoms with E-state index in [0.29, 0.717) is 6.04 Å². The molecule has 5 nitrogen and oxygen atoms in total. The van der Waals surface area contributed by atoms with Gasteiger partial charge in [0, 0.05) is 11.7 Å². The summed E-state index contributed by atoms with van der Waals surface area (Å²) in [6, 6.07) is 8.32. The molecule has 1 fully saturated rings. The number of hydrogen-bond donors (Lipinski definition) is 3. The van der Waals surface area contributed by atoms with Crippen molar-refractivity contribution in [3.63, 3.8) is 0 Å². The highest BCUT2D eigenvalue weighted by atomic mass is 16.1. The van der Waals surface area contributed by atoms with Crippen molar-refractivity contribution in [1.82, 2.24) is 5.32 Å². The number of nitrogens with one attached hydrogen (secondary N) is 2. The summed E-state index contributed by atoms with van der Waals surface area (Å²) in [6.07, 6.45) is 6.80. The third kappa shape index (κ3) is 5.39. The summed E-state index contributed by atoms with van der Waals surface area (Å²) in [6.45, 7) is 2.18. The number of carbonyl (C=O) groups is 1. The molecular formula is C17H26N4O. The van der Waals surface area contributed by atoms with E-state index in [4.69, 9.17) is 5.73 Å². The molecule has 0 heterocycles. The van der Waals surface area contributed by atoms with Crippen molar-refractivity contribution in [3.8, 4) is 0 Å². The number of nitrogens with zero attached hydrogens (tertiary/aromatic N) is 1. The van der Waals surface area contributed by atoms with Gasteiger partial charge in [0.1, 0.15) is 6.54 Å². The van der Waals surface area contributed by atoms with Crippen LogP contribution >= 0.6 is 0 Å². The van der Waals surface area contributed by atoms with Gasteiger partial charge in [-0.1, -0.05) is 38.3 Å². The fourth-order valence-electron chi connectivity index (χ4n) is 2.73. The summed E-state index contributed by atoms with van der Waals surface area (Å²) in [4.78, 5) is 16.0. The maximum Gasteiger partial charge on any atom is 0.242 e. The van der Waals surface area contributed by atoms with Gasteiger partial charge < -0.3 is 16.4 Å². The van der Waals surface area contributed by atoms with Crippen LogP contribution in [0.2, 0.25) is 0 Å². The van der Waals surface area contributed by atoms with Gasteiger partial charge in [-0.2, -0.15) is 0 Å². The molecule has 0 unspecified atom stereocenters. The second kappa shape index (κ2) is 8.41. The molecule has 1 amide bonds. The van der Waals surface area contributed by atoms with Crippen molar-refractivity contribution in [3.05, 3.63) is 29.8 Å². The molecule has 5 heteroatoms. The van der Waals surface area contributed by atoms with E-state index in [9.17, 15) is 4.79 Å². The molecule has 0 saturated heterocycles. The number of aliphatic imine (C=N–C) groups is 1. The molecule has 0 atom stereocenters. The number of hydrogen-bond acceptors (Lipinski definition) is 2. The Bertz CT molecular complexity index is 521. The molecular weight excluding hydrogens is 276 g/mol. The van der Waals surface area contributed by atoms with E-state index in [0.717, 1.165) is 24.9 Å². The lowest BCUT2D eigenvalue weighted by atomic mass is 9.95. The quantitative estimate of drug-likeness (QED) is 0.577. The summed E-state index contributed by atoms with van der Waals surface area (Å²) in [5.41, 5.74) is 7.96. The van der Waals surface area contributed by atoms with E-state index < -0.39 is 0 Å². The predicted molar refractivity (Wildman–Crippen MR) is 90.9 cm³/mol. The second-order valence-corrected chi connectivity index (χ2v) is 5.78. The number of benzene rings is 1. The Hall–Kier alpha value is -2.04. The minimum absolute atomic E-state index is 0.0565. The highest BCUT2D eigenvalue weighted by molar-refractivity contribution is 5.93. The topological polar surface area (TPSA) is 79.5 Å². The summed E-state index contributed by atoms with van der Waals surface area (Å²) < 4.78 is 0. The molecule has 22 heavy (non-hydrogen) atoms. The normalized spacial score (nSPS) is 16.3. The van der Waals surface area contributed by atoms with Crippen molar-refractivity contribution < 1.29 is 4.79 Å². The molecule has 1 aromatic carbocycles. The van der Waals surface area contributed by atoms with E-state index in [1.165, 1.54) is 24.8 Å². The van der Waals surface area contributed by atoms with Gasteiger partial charge in [0.05, 0.1) is 0 Å². The minimum atomic E-state index is -0.0565. The maximum atomic E-state index is 11.9. The number of guanidine groups is 1. The molecule has 120 valence electrons. The number of aryl methyl sites for hydroxylation is 1. The van der Waals surface area contributed by atoms with Crippen LogP contribution in [-0.2, 0) is 11.2 Å². The number of nitrogens with two attached hydrogens (primary N) is 1. The van der Waals surface area contributed by atoms with Crippen LogP contribution in [0.25, 0.3) is 0 Å². The Labute approximate surface area is 132 Å². The van der Waals surface area contributed by atoms with Crippen molar-refractivity contribution >= 4 is 17.6 Å². The molecule has 0 aromatic heterocycles. The molecule has 4 N–H and O–H groups in total. The van der Waals surface area contributed by atoms with Crippen molar-refractivity contribution in [1.29, 1.82) is 0 Å². The molecule has 0 bridgehead atoms. The smallest absolute Gasteiger partial charge is 0.242 e. The maximum absolute atomic E-state index is 11.9. The Morgan fingerprint density at radius 1 is 1.32 bits per heavy atom. The Balaban J connectivity index is 1.79. The fourth-order valence-corrected chi connectivity index (χ4v) is 2.73. The lowest BCUT2D eigenvalue weighted by Crippen LogP contribution is -2.38. The van der Waals surface area contributed by atoms with E-state index in [2.05, 4.69) is 28.6 Å². The van der Waals surface area contributed by atoms with E-state index in [-0.39, 0.29) is 18.4 Å². The zero-order valence-electron chi connectivity index (χ0n) is 13.3.